The summed E-state index contributed by atoms with van der Waals surface area (Å²) in [4.78, 5) is 0. The van der Waals surface area contributed by atoms with Crippen molar-refractivity contribution in [3.63, 3.8) is 0 Å². The van der Waals surface area contributed by atoms with Gasteiger partial charge < -0.3 is 10.2 Å². The highest BCUT2D eigenvalue weighted by atomic mass is 32.3. The zero-order valence-electron chi connectivity index (χ0n) is 17.7. The standard InChI is InChI=1S/C8H11NO5S3.C8H11NO3S3.H2O2/c1-4-2-6(10)5-3-7(17(9,13)14)15-8(5)16(4,11)12;1-4-2-6(10)5-3-7(15(9,11)12)14-8(5)13-4;1-2/h3-4,6,10H,2H2,1H3,(H2,9,13,14);3-4,6,10H,2H2,1H3,(H2,9,11,12);1-2H. The van der Waals surface area contributed by atoms with Crippen molar-refractivity contribution in [2.24, 2.45) is 10.3 Å². The van der Waals surface area contributed by atoms with Crippen LogP contribution in [-0.4, -0.2) is 56.5 Å². The number of hydrogen-bond acceptors (Lipinski definition) is 13. The maximum Gasteiger partial charge on any atom is 0.247 e. The molecule has 0 saturated carbocycles. The van der Waals surface area contributed by atoms with E-state index < -0.39 is 47.3 Å². The Morgan fingerprint density at radius 1 is 0.882 bits per heavy atom. The van der Waals surface area contributed by atoms with E-state index in [4.69, 9.17) is 20.8 Å². The monoisotopic (exact) mass is 596 g/mol. The number of thiophene rings is 2. The van der Waals surface area contributed by atoms with Crippen molar-refractivity contribution in [1.29, 1.82) is 0 Å². The highest BCUT2D eigenvalue weighted by Gasteiger charge is 2.38. The Balaban J connectivity index is 0.000000225. The van der Waals surface area contributed by atoms with Gasteiger partial charge in [-0.2, -0.15) is 0 Å². The number of sulfone groups is 1. The first-order chi connectivity index (χ1) is 15.5. The Morgan fingerprint density at radius 3 is 1.88 bits per heavy atom. The van der Waals surface area contributed by atoms with Gasteiger partial charge in [-0.3, -0.25) is 10.5 Å². The van der Waals surface area contributed by atoms with Crippen LogP contribution in [0.2, 0.25) is 0 Å². The second-order valence-corrected chi connectivity index (χ2v) is 17.4. The first-order valence-electron chi connectivity index (χ1n) is 9.31. The Hall–Kier alpha value is -0.640. The Morgan fingerprint density at radius 2 is 1.35 bits per heavy atom. The van der Waals surface area contributed by atoms with Gasteiger partial charge in [-0.15, -0.1) is 34.4 Å². The molecule has 12 nitrogen and oxygen atoms in total. The van der Waals surface area contributed by atoms with E-state index >= 15 is 0 Å². The minimum Gasteiger partial charge on any atom is -0.388 e. The molecule has 2 aromatic heterocycles. The van der Waals surface area contributed by atoms with Gasteiger partial charge in [-0.1, -0.05) is 6.92 Å². The molecular formula is C16H24N2O10S6. The Labute approximate surface area is 209 Å². The van der Waals surface area contributed by atoms with Crippen molar-refractivity contribution < 1.29 is 46.0 Å². The van der Waals surface area contributed by atoms with Gasteiger partial charge in [-0.05, 0) is 31.9 Å². The number of hydrogen-bond donors (Lipinski definition) is 6. The van der Waals surface area contributed by atoms with Crippen LogP contribution in [0.5, 0.6) is 0 Å². The molecule has 0 radical (unpaired) electrons. The molecule has 8 N–H and O–H groups in total. The fraction of sp³-hybridized carbons (Fsp3) is 0.500. The van der Waals surface area contributed by atoms with Gasteiger partial charge >= 0.3 is 0 Å². The molecule has 0 fully saturated rings. The van der Waals surface area contributed by atoms with Gasteiger partial charge in [-0.25, -0.2) is 35.5 Å². The summed E-state index contributed by atoms with van der Waals surface area (Å²) in [6.07, 6.45) is -0.813. The molecule has 0 spiro atoms. The third-order valence-corrected chi connectivity index (χ3v) is 14.2. The number of fused-ring (bicyclic) bond motifs is 2. The van der Waals surface area contributed by atoms with E-state index in [1.54, 1.807) is 11.8 Å². The minimum atomic E-state index is -3.95. The predicted molar refractivity (Wildman–Crippen MR) is 128 cm³/mol. The van der Waals surface area contributed by atoms with Gasteiger partial charge in [0.1, 0.15) is 12.6 Å². The molecule has 2 aliphatic heterocycles. The van der Waals surface area contributed by atoms with Crippen LogP contribution in [0.4, 0.5) is 0 Å². The molecule has 2 aliphatic rings. The second kappa shape index (κ2) is 10.8. The molecular weight excluding hydrogens is 573 g/mol. The van der Waals surface area contributed by atoms with Crippen LogP contribution >= 0.6 is 34.4 Å². The van der Waals surface area contributed by atoms with Crippen LogP contribution in [0.15, 0.2) is 29.0 Å². The minimum absolute atomic E-state index is 0.0656. The molecule has 4 heterocycles. The molecule has 0 amide bonds. The summed E-state index contributed by atoms with van der Waals surface area (Å²) in [5.41, 5.74) is 0.837. The van der Waals surface area contributed by atoms with E-state index in [9.17, 15) is 35.5 Å². The second-order valence-electron chi connectivity index (χ2n) is 7.49. The fourth-order valence-electron chi connectivity index (χ4n) is 3.21. The van der Waals surface area contributed by atoms with Crippen molar-refractivity contribution >= 4 is 64.3 Å². The van der Waals surface area contributed by atoms with Crippen LogP contribution in [-0.2, 0) is 29.9 Å². The van der Waals surface area contributed by atoms with Crippen molar-refractivity contribution in [3.8, 4) is 0 Å². The van der Waals surface area contributed by atoms with Gasteiger partial charge in [0.15, 0.2) is 9.84 Å². The van der Waals surface area contributed by atoms with Crippen LogP contribution in [0.1, 0.15) is 50.0 Å². The first kappa shape index (κ1) is 29.6. The number of rotatable bonds is 2. The van der Waals surface area contributed by atoms with Crippen molar-refractivity contribution in [1.82, 2.24) is 0 Å². The van der Waals surface area contributed by atoms with Crippen LogP contribution in [0.25, 0.3) is 0 Å². The first-order valence-corrected chi connectivity index (χ1v) is 16.5. The normalized spacial score (nSPS) is 25.6. The lowest BCUT2D eigenvalue weighted by Gasteiger charge is -2.23. The highest BCUT2D eigenvalue weighted by Crippen LogP contribution is 2.46. The van der Waals surface area contributed by atoms with E-state index in [0.717, 1.165) is 21.6 Å². The average molecular weight is 597 g/mol. The lowest BCUT2D eigenvalue weighted by atomic mass is 10.1. The van der Waals surface area contributed by atoms with E-state index in [0.29, 0.717) is 28.6 Å². The topological polar surface area (TPSA) is 235 Å². The summed E-state index contributed by atoms with van der Waals surface area (Å²) >= 11 is 3.33. The maximum atomic E-state index is 12.0. The third-order valence-electron chi connectivity index (χ3n) is 4.89. The molecule has 194 valence electrons. The lowest BCUT2D eigenvalue weighted by Crippen LogP contribution is -2.26. The van der Waals surface area contributed by atoms with Crippen molar-refractivity contribution in [2.75, 3.05) is 0 Å². The summed E-state index contributed by atoms with van der Waals surface area (Å²) in [6.45, 7) is 3.49. The fourth-order valence-corrected chi connectivity index (χ4v) is 11.4. The summed E-state index contributed by atoms with van der Waals surface area (Å²) in [6, 6.07) is 2.63. The predicted octanol–water partition coefficient (Wildman–Crippen LogP) is 1.33. The number of aliphatic hydroxyl groups excluding tert-OH is 2. The number of nitrogens with two attached hydrogens (primary N) is 2. The van der Waals surface area contributed by atoms with E-state index in [1.807, 2.05) is 6.92 Å². The molecule has 2 aromatic rings. The van der Waals surface area contributed by atoms with Gasteiger partial charge in [0.2, 0.25) is 20.0 Å². The molecule has 4 unspecified atom stereocenters. The van der Waals surface area contributed by atoms with Crippen LogP contribution in [0.3, 0.4) is 0 Å². The Bertz CT molecular complexity index is 1350. The third kappa shape index (κ3) is 6.37. The quantitative estimate of drug-likeness (QED) is 0.213. The highest BCUT2D eigenvalue weighted by molar-refractivity contribution is 8.02. The van der Waals surface area contributed by atoms with Gasteiger partial charge in [0.25, 0.3) is 0 Å². The molecule has 0 aromatic carbocycles. The SMILES string of the molecule is CC1CC(O)c2cc(S(N)(=O)=O)sc2S1.CC1CC(O)c2cc(S(N)(=O)=O)sc2S1(=O)=O.OO. The average Bonchev–Trinajstić information content (AvgIpc) is 3.34. The van der Waals surface area contributed by atoms with Crippen molar-refractivity contribution in [2.45, 2.75) is 66.2 Å². The van der Waals surface area contributed by atoms with Gasteiger partial charge in [0, 0.05) is 16.4 Å². The maximum absolute atomic E-state index is 12.0. The van der Waals surface area contributed by atoms with E-state index in [2.05, 4.69) is 0 Å². The number of primary sulfonamides is 2. The molecule has 34 heavy (non-hydrogen) atoms. The zero-order valence-corrected chi connectivity index (χ0v) is 22.6. The summed E-state index contributed by atoms with van der Waals surface area (Å²) in [7, 11) is -11.1. The molecule has 4 atom stereocenters. The molecule has 0 bridgehead atoms. The summed E-state index contributed by atoms with van der Waals surface area (Å²) in [5.74, 6) is 0. The number of thioether (sulfide) groups is 1. The molecule has 18 heteroatoms. The van der Waals surface area contributed by atoms with Crippen LogP contribution in [0, 0.1) is 0 Å². The molecule has 0 saturated heterocycles. The van der Waals surface area contributed by atoms with Crippen LogP contribution < -0.4 is 10.3 Å². The lowest BCUT2D eigenvalue weighted by molar-refractivity contribution is -0.176. The largest absolute Gasteiger partial charge is 0.388 e. The smallest absolute Gasteiger partial charge is 0.247 e. The molecule has 4 rings (SSSR count). The van der Waals surface area contributed by atoms with Gasteiger partial charge in [0.05, 0.1) is 21.7 Å². The summed E-state index contributed by atoms with van der Waals surface area (Å²) in [5, 5.41) is 41.1. The zero-order chi connectivity index (χ0) is 26.2. The van der Waals surface area contributed by atoms with E-state index in [1.165, 1.54) is 13.0 Å². The summed E-state index contributed by atoms with van der Waals surface area (Å²) < 4.78 is 69.2. The molecule has 0 aliphatic carbocycles. The van der Waals surface area contributed by atoms with E-state index in [-0.39, 0.29) is 24.6 Å². The Kier molecular flexibility index (Phi) is 9.37. The number of sulfonamides is 2. The number of aliphatic hydroxyl groups is 2. The van der Waals surface area contributed by atoms with Crippen molar-refractivity contribution in [3.05, 3.63) is 23.3 Å².